The topological polar surface area (TPSA) is 23.6 Å². The molecule has 26 heavy (non-hydrogen) atoms. The van der Waals surface area contributed by atoms with Crippen LogP contribution in [-0.2, 0) is 0 Å². The van der Waals surface area contributed by atoms with Crippen LogP contribution < -0.4 is 0 Å². The monoisotopic (exact) mass is 352 g/mol. The summed E-state index contributed by atoms with van der Waals surface area (Å²) >= 11 is 0. The van der Waals surface area contributed by atoms with Crippen molar-refractivity contribution in [2.75, 3.05) is 27.2 Å². The molecule has 3 nitrogen and oxygen atoms in total. The molecule has 2 aromatic rings. The number of piperidine rings is 1. The van der Waals surface area contributed by atoms with Crippen LogP contribution in [0.1, 0.15) is 23.2 Å². The molecule has 0 N–H and O–H groups in total. The van der Waals surface area contributed by atoms with Crippen molar-refractivity contribution in [1.82, 2.24) is 9.80 Å². The summed E-state index contributed by atoms with van der Waals surface area (Å²) in [4.78, 5) is 17.3. The predicted octanol–water partition coefficient (Wildman–Crippen LogP) is 3.90. The molecule has 1 saturated heterocycles. The highest BCUT2D eigenvalue weighted by Crippen LogP contribution is 2.39. The molecule has 2 aromatic carbocycles. The van der Waals surface area contributed by atoms with Crippen LogP contribution in [0.25, 0.3) is 11.1 Å². The zero-order valence-corrected chi connectivity index (χ0v) is 15.4. The summed E-state index contributed by atoms with van der Waals surface area (Å²) in [6, 6.07) is 14.7. The zero-order valence-electron chi connectivity index (χ0n) is 15.4. The van der Waals surface area contributed by atoms with Crippen LogP contribution in [0.2, 0.25) is 0 Å². The first-order valence-corrected chi connectivity index (χ1v) is 9.34. The number of hydrogen-bond acceptors (Lipinski definition) is 2. The lowest BCUT2D eigenvalue weighted by atomic mass is 9.91. The second-order valence-electron chi connectivity index (χ2n) is 7.85. The van der Waals surface area contributed by atoms with Gasteiger partial charge >= 0.3 is 0 Å². The van der Waals surface area contributed by atoms with Gasteiger partial charge in [0.15, 0.2) is 0 Å². The molecular weight excluding hydrogens is 327 g/mol. The van der Waals surface area contributed by atoms with Crippen molar-refractivity contribution in [3.05, 3.63) is 59.9 Å². The Kier molecular flexibility index (Phi) is 4.53. The number of halogens is 1. The fourth-order valence-corrected chi connectivity index (χ4v) is 4.86. The Hall–Kier alpha value is -2.20. The van der Waals surface area contributed by atoms with Crippen molar-refractivity contribution in [2.45, 2.75) is 18.9 Å². The van der Waals surface area contributed by atoms with Crippen LogP contribution in [-0.4, -0.2) is 48.9 Å². The molecule has 2 fully saturated rings. The molecule has 1 heterocycles. The molecule has 4 heteroatoms. The Morgan fingerprint density at radius 3 is 2.23 bits per heavy atom. The number of amides is 1. The minimum absolute atomic E-state index is 0.116. The fraction of sp³-hybridized carbons (Fsp3) is 0.409. The number of hydrogen-bond donors (Lipinski definition) is 0. The Balaban J connectivity index is 1.49. The number of benzene rings is 2. The van der Waals surface area contributed by atoms with E-state index >= 15 is 0 Å². The summed E-state index contributed by atoms with van der Waals surface area (Å²) < 4.78 is 13.4. The smallest absolute Gasteiger partial charge is 0.253 e. The lowest BCUT2D eigenvalue weighted by molar-refractivity contribution is 0.0487. The van der Waals surface area contributed by atoms with Crippen LogP contribution in [0.5, 0.6) is 0 Å². The molecule has 1 saturated carbocycles. The third kappa shape index (κ3) is 3.14. The SMILES string of the molecule is CN(C)C1C2CCC1CN(C(=O)c1ccc(-c3cccc(F)c3)cc1)C2. The van der Waals surface area contributed by atoms with Gasteiger partial charge in [-0.05, 0) is 74.2 Å². The van der Waals surface area contributed by atoms with E-state index in [1.807, 2.05) is 35.2 Å². The molecule has 1 aliphatic heterocycles. The molecule has 0 radical (unpaired) electrons. The third-order valence-electron chi connectivity index (χ3n) is 5.96. The van der Waals surface area contributed by atoms with E-state index in [2.05, 4.69) is 19.0 Å². The van der Waals surface area contributed by atoms with Gasteiger partial charge in [0.25, 0.3) is 5.91 Å². The summed E-state index contributed by atoms with van der Waals surface area (Å²) in [7, 11) is 4.30. The second kappa shape index (κ2) is 6.84. The summed E-state index contributed by atoms with van der Waals surface area (Å²) in [6.45, 7) is 1.70. The van der Waals surface area contributed by atoms with Crippen molar-refractivity contribution in [1.29, 1.82) is 0 Å². The number of nitrogens with zero attached hydrogens (tertiary/aromatic N) is 2. The maximum atomic E-state index is 13.4. The highest BCUT2D eigenvalue weighted by atomic mass is 19.1. The molecule has 2 atom stereocenters. The lowest BCUT2D eigenvalue weighted by Gasteiger charge is -2.41. The van der Waals surface area contributed by atoms with Gasteiger partial charge in [0, 0.05) is 24.7 Å². The number of carbonyl (C=O) groups is 1. The summed E-state index contributed by atoms with van der Waals surface area (Å²) in [5, 5.41) is 0. The summed E-state index contributed by atoms with van der Waals surface area (Å²) in [6.07, 6.45) is 2.44. The van der Waals surface area contributed by atoms with Gasteiger partial charge in [0.2, 0.25) is 0 Å². The van der Waals surface area contributed by atoms with Gasteiger partial charge in [-0.15, -0.1) is 0 Å². The van der Waals surface area contributed by atoms with Crippen LogP contribution in [0.3, 0.4) is 0 Å². The van der Waals surface area contributed by atoms with E-state index in [-0.39, 0.29) is 11.7 Å². The van der Waals surface area contributed by atoms with E-state index in [1.165, 1.54) is 25.0 Å². The van der Waals surface area contributed by atoms with E-state index in [1.54, 1.807) is 6.07 Å². The van der Waals surface area contributed by atoms with E-state index in [0.29, 0.717) is 23.4 Å². The van der Waals surface area contributed by atoms with E-state index in [0.717, 1.165) is 24.2 Å². The third-order valence-corrected chi connectivity index (χ3v) is 5.96. The first kappa shape index (κ1) is 17.2. The lowest BCUT2D eigenvalue weighted by Crippen LogP contribution is -2.52. The van der Waals surface area contributed by atoms with Crippen LogP contribution >= 0.6 is 0 Å². The first-order chi connectivity index (χ1) is 12.5. The van der Waals surface area contributed by atoms with Crippen LogP contribution in [0.15, 0.2) is 48.5 Å². The second-order valence-corrected chi connectivity index (χ2v) is 7.85. The molecule has 1 amide bonds. The molecule has 2 bridgehead atoms. The zero-order chi connectivity index (χ0) is 18.3. The highest BCUT2D eigenvalue weighted by molar-refractivity contribution is 5.94. The number of carbonyl (C=O) groups excluding carboxylic acids is 1. The van der Waals surface area contributed by atoms with Crippen LogP contribution in [0, 0.1) is 17.7 Å². The van der Waals surface area contributed by atoms with Gasteiger partial charge in [0.05, 0.1) is 0 Å². The standard InChI is InChI=1S/C22H25FN2O/c1-24(2)21-18-10-11-19(21)14-25(13-18)22(26)16-8-6-15(7-9-16)17-4-3-5-20(23)12-17/h3-9,12,18-19,21H,10-11,13-14H2,1-2H3. The van der Waals surface area contributed by atoms with Gasteiger partial charge in [0.1, 0.15) is 5.82 Å². The minimum atomic E-state index is -0.248. The van der Waals surface area contributed by atoms with Gasteiger partial charge in [-0.2, -0.15) is 0 Å². The van der Waals surface area contributed by atoms with E-state index < -0.39 is 0 Å². The molecule has 2 aliphatic rings. The molecular formula is C22H25FN2O. The molecule has 2 unspecified atom stereocenters. The Labute approximate surface area is 154 Å². The van der Waals surface area contributed by atoms with Gasteiger partial charge in [-0.3, -0.25) is 4.79 Å². The number of fused-ring (bicyclic) bond motifs is 2. The number of likely N-dealkylation sites (tertiary alicyclic amines) is 1. The Morgan fingerprint density at radius 1 is 1.00 bits per heavy atom. The Bertz CT molecular complexity index is 788. The van der Waals surface area contributed by atoms with Crippen molar-refractivity contribution in [3.8, 4) is 11.1 Å². The Morgan fingerprint density at radius 2 is 1.65 bits per heavy atom. The highest BCUT2D eigenvalue weighted by Gasteiger charge is 2.44. The molecule has 136 valence electrons. The predicted molar refractivity (Wildman–Crippen MR) is 101 cm³/mol. The van der Waals surface area contributed by atoms with Gasteiger partial charge in [-0.25, -0.2) is 4.39 Å². The van der Waals surface area contributed by atoms with Crippen molar-refractivity contribution < 1.29 is 9.18 Å². The largest absolute Gasteiger partial charge is 0.338 e. The first-order valence-electron chi connectivity index (χ1n) is 9.34. The fourth-order valence-electron chi connectivity index (χ4n) is 4.86. The summed E-state index contributed by atoms with van der Waals surface area (Å²) in [5.74, 6) is 1.03. The van der Waals surface area contributed by atoms with E-state index in [4.69, 9.17) is 0 Å². The molecule has 1 aliphatic carbocycles. The molecule has 4 rings (SSSR count). The summed E-state index contributed by atoms with van der Waals surface area (Å²) in [5.41, 5.74) is 2.47. The average molecular weight is 352 g/mol. The normalized spacial score (nSPS) is 24.9. The van der Waals surface area contributed by atoms with Crippen molar-refractivity contribution in [3.63, 3.8) is 0 Å². The quantitative estimate of drug-likeness (QED) is 0.836. The maximum Gasteiger partial charge on any atom is 0.253 e. The minimum Gasteiger partial charge on any atom is -0.338 e. The van der Waals surface area contributed by atoms with Gasteiger partial charge < -0.3 is 9.80 Å². The maximum absolute atomic E-state index is 13.4. The number of rotatable bonds is 3. The van der Waals surface area contributed by atoms with Crippen LogP contribution in [0.4, 0.5) is 4.39 Å². The molecule has 0 spiro atoms. The molecule has 0 aromatic heterocycles. The van der Waals surface area contributed by atoms with E-state index in [9.17, 15) is 9.18 Å². The van der Waals surface area contributed by atoms with Gasteiger partial charge in [-0.1, -0.05) is 24.3 Å². The van der Waals surface area contributed by atoms with Crippen molar-refractivity contribution >= 4 is 5.91 Å². The average Bonchev–Trinajstić information content (AvgIpc) is 2.92. The van der Waals surface area contributed by atoms with Crippen molar-refractivity contribution in [2.24, 2.45) is 11.8 Å².